The molecule has 5 nitrogen and oxygen atoms in total. The van der Waals surface area contributed by atoms with Crippen LogP contribution in [0.1, 0.15) is 0 Å². The highest BCUT2D eigenvalue weighted by atomic mass is 35.5. The Balaban J connectivity index is 1.90. The van der Waals surface area contributed by atoms with Crippen molar-refractivity contribution in [2.45, 2.75) is 9.79 Å². The first kappa shape index (κ1) is 16.8. The number of carbonyl (C=O) groups is 2. The van der Waals surface area contributed by atoms with Crippen LogP contribution < -0.4 is 15.5 Å². The van der Waals surface area contributed by atoms with Crippen molar-refractivity contribution >= 4 is 46.6 Å². The van der Waals surface area contributed by atoms with Crippen molar-refractivity contribution in [1.82, 2.24) is 10.6 Å². The Kier molecular flexibility index (Phi) is 5.08. The van der Waals surface area contributed by atoms with Crippen LogP contribution in [0.2, 0.25) is 5.02 Å². The van der Waals surface area contributed by atoms with Gasteiger partial charge >= 0.3 is 0 Å². The second-order valence-electron chi connectivity index (χ2n) is 5.19. The van der Waals surface area contributed by atoms with Gasteiger partial charge in [0.1, 0.15) is 0 Å². The van der Waals surface area contributed by atoms with Gasteiger partial charge in [0.25, 0.3) is 0 Å². The van der Waals surface area contributed by atoms with E-state index in [2.05, 4.69) is 10.6 Å². The van der Waals surface area contributed by atoms with Crippen LogP contribution in [-0.2, 0) is 9.59 Å². The minimum atomic E-state index is -0.166. The third-order valence-electron chi connectivity index (χ3n) is 3.58. The SMILES string of the molecule is CNC(=O)CNCC(=O)N1c2ccccc2Sc2ccc(Cl)cc21. The number of benzene rings is 2. The first-order valence-corrected chi connectivity index (χ1v) is 8.60. The van der Waals surface area contributed by atoms with Crippen LogP contribution in [0.15, 0.2) is 52.3 Å². The summed E-state index contributed by atoms with van der Waals surface area (Å²) in [6.07, 6.45) is 0. The fraction of sp³-hybridized carbons (Fsp3) is 0.176. The van der Waals surface area contributed by atoms with E-state index in [0.717, 1.165) is 21.2 Å². The van der Waals surface area contributed by atoms with Gasteiger partial charge in [0, 0.05) is 21.9 Å². The number of hydrogen-bond acceptors (Lipinski definition) is 4. The molecule has 0 saturated heterocycles. The molecule has 0 aromatic heterocycles. The number of hydrogen-bond donors (Lipinski definition) is 2. The Labute approximate surface area is 149 Å². The Morgan fingerprint density at radius 3 is 2.62 bits per heavy atom. The normalized spacial score (nSPS) is 12.3. The number of fused-ring (bicyclic) bond motifs is 2. The highest BCUT2D eigenvalue weighted by Gasteiger charge is 2.28. The van der Waals surface area contributed by atoms with E-state index in [1.165, 1.54) is 0 Å². The number of rotatable bonds is 4. The Morgan fingerprint density at radius 1 is 1.08 bits per heavy atom. The van der Waals surface area contributed by atoms with Gasteiger partial charge in [-0.1, -0.05) is 35.5 Å². The van der Waals surface area contributed by atoms with E-state index in [4.69, 9.17) is 11.6 Å². The molecule has 0 radical (unpaired) electrons. The van der Waals surface area contributed by atoms with E-state index < -0.39 is 0 Å². The Morgan fingerprint density at radius 2 is 1.83 bits per heavy atom. The monoisotopic (exact) mass is 361 g/mol. The summed E-state index contributed by atoms with van der Waals surface area (Å²) in [5.41, 5.74) is 1.59. The van der Waals surface area contributed by atoms with E-state index in [1.54, 1.807) is 29.8 Å². The molecular weight excluding hydrogens is 346 g/mol. The van der Waals surface area contributed by atoms with Crippen LogP contribution in [0.25, 0.3) is 0 Å². The summed E-state index contributed by atoms with van der Waals surface area (Å²) < 4.78 is 0. The lowest BCUT2D eigenvalue weighted by Gasteiger charge is -2.31. The van der Waals surface area contributed by atoms with Gasteiger partial charge in [-0.25, -0.2) is 0 Å². The second kappa shape index (κ2) is 7.25. The second-order valence-corrected chi connectivity index (χ2v) is 6.71. The topological polar surface area (TPSA) is 61.4 Å². The highest BCUT2D eigenvalue weighted by molar-refractivity contribution is 7.99. The van der Waals surface area contributed by atoms with E-state index in [1.807, 2.05) is 36.4 Å². The number of nitrogens with one attached hydrogen (secondary N) is 2. The van der Waals surface area contributed by atoms with Gasteiger partial charge in [0.15, 0.2) is 0 Å². The molecule has 2 aromatic carbocycles. The third kappa shape index (κ3) is 3.40. The van der Waals surface area contributed by atoms with Gasteiger partial charge in [-0.05, 0) is 30.3 Å². The summed E-state index contributed by atoms with van der Waals surface area (Å²) in [6, 6.07) is 13.2. The lowest BCUT2D eigenvalue weighted by Crippen LogP contribution is -2.40. The maximum absolute atomic E-state index is 12.8. The minimum absolute atomic E-state index is 0.0539. The predicted octanol–water partition coefficient (Wildman–Crippen LogP) is 2.80. The number of carbonyl (C=O) groups excluding carboxylic acids is 2. The molecule has 0 atom stereocenters. The quantitative estimate of drug-likeness (QED) is 0.879. The molecule has 0 saturated carbocycles. The number of halogens is 1. The predicted molar refractivity (Wildman–Crippen MR) is 96.1 cm³/mol. The van der Waals surface area contributed by atoms with Gasteiger partial charge in [0.05, 0.1) is 24.5 Å². The molecule has 2 amide bonds. The largest absolute Gasteiger partial charge is 0.358 e. The summed E-state index contributed by atoms with van der Waals surface area (Å²) in [5, 5.41) is 5.95. The number of nitrogens with zero attached hydrogens (tertiary/aromatic N) is 1. The first-order chi connectivity index (χ1) is 11.6. The summed E-state index contributed by atoms with van der Waals surface area (Å²) >= 11 is 7.73. The Bertz CT molecular complexity index is 797. The fourth-order valence-corrected chi connectivity index (χ4v) is 3.65. The molecule has 24 heavy (non-hydrogen) atoms. The lowest BCUT2D eigenvalue weighted by molar-refractivity contribution is -0.120. The third-order valence-corrected chi connectivity index (χ3v) is 4.94. The molecule has 1 heterocycles. The van der Waals surface area contributed by atoms with Crippen LogP contribution >= 0.6 is 23.4 Å². The number of likely N-dealkylation sites (N-methyl/N-ethyl adjacent to an activating group) is 1. The smallest absolute Gasteiger partial charge is 0.245 e. The van der Waals surface area contributed by atoms with Crippen molar-refractivity contribution < 1.29 is 9.59 Å². The average molecular weight is 362 g/mol. The standard InChI is InChI=1S/C17H16ClN3O2S/c1-19-16(22)9-20-10-17(23)21-12-4-2-3-5-14(12)24-15-7-6-11(18)8-13(15)21/h2-8,20H,9-10H2,1H3,(H,19,22). The zero-order valence-electron chi connectivity index (χ0n) is 13.0. The average Bonchev–Trinajstić information content (AvgIpc) is 2.59. The summed E-state index contributed by atoms with van der Waals surface area (Å²) in [5.74, 6) is -0.309. The molecule has 3 rings (SSSR count). The van der Waals surface area contributed by atoms with E-state index in [9.17, 15) is 9.59 Å². The first-order valence-electron chi connectivity index (χ1n) is 7.41. The Hall–Kier alpha value is -2.02. The fourth-order valence-electron chi connectivity index (χ4n) is 2.45. The molecule has 2 N–H and O–H groups in total. The summed E-state index contributed by atoms with van der Waals surface area (Å²) in [4.78, 5) is 27.7. The van der Waals surface area contributed by atoms with E-state index >= 15 is 0 Å². The van der Waals surface area contributed by atoms with E-state index in [0.29, 0.717) is 5.02 Å². The number of amides is 2. The number of anilines is 2. The molecule has 1 aliphatic heterocycles. The maximum Gasteiger partial charge on any atom is 0.245 e. The molecule has 0 aliphatic carbocycles. The van der Waals surface area contributed by atoms with E-state index in [-0.39, 0.29) is 24.9 Å². The van der Waals surface area contributed by atoms with Crippen molar-refractivity contribution in [1.29, 1.82) is 0 Å². The van der Waals surface area contributed by atoms with Crippen LogP contribution in [0.4, 0.5) is 11.4 Å². The molecule has 0 spiro atoms. The molecule has 0 unspecified atom stereocenters. The van der Waals surface area contributed by atoms with Crippen LogP contribution in [0.3, 0.4) is 0 Å². The van der Waals surface area contributed by atoms with Crippen LogP contribution in [0.5, 0.6) is 0 Å². The maximum atomic E-state index is 12.8. The molecular formula is C17H16ClN3O2S. The lowest BCUT2D eigenvalue weighted by atomic mass is 10.2. The molecule has 124 valence electrons. The van der Waals surface area contributed by atoms with Gasteiger partial charge in [-0.2, -0.15) is 0 Å². The highest BCUT2D eigenvalue weighted by Crippen LogP contribution is 2.48. The van der Waals surface area contributed by atoms with Gasteiger partial charge in [-0.15, -0.1) is 0 Å². The van der Waals surface area contributed by atoms with Crippen LogP contribution in [0, 0.1) is 0 Å². The zero-order chi connectivity index (χ0) is 17.1. The number of para-hydroxylation sites is 1. The van der Waals surface area contributed by atoms with Crippen molar-refractivity contribution in [2.75, 3.05) is 25.0 Å². The van der Waals surface area contributed by atoms with Gasteiger partial charge in [0.2, 0.25) is 11.8 Å². The van der Waals surface area contributed by atoms with Gasteiger partial charge in [-0.3, -0.25) is 19.8 Å². The van der Waals surface area contributed by atoms with Crippen molar-refractivity contribution in [3.63, 3.8) is 0 Å². The summed E-state index contributed by atoms with van der Waals surface area (Å²) in [6.45, 7) is 0.146. The summed E-state index contributed by atoms with van der Waals surface area (Å²) in [7, 11) is 1.56. The molecule has 2 aromatic rings. The molecule has 7 heteroatoms. The van der Waals surface area contributed by atoms with Crippen molar-refractivity contribution in [2.24, 2.45) is 0 Å². The minimum Gasteiger partial charge on any atom is -0.358 e. The molecule has 0 fully saturated rings. The zero-order valence-corrected chi connectivity index (χ0v) is 14.6. The molecule has 1 aliphatic rings. The molecule has 0 bridgehead atoms. The van der Waals surface area contributed by atoms with Crippen molar-refractivity contribution in [3.8, 4) is 0 Å². The van der Waals surface area contributed by atoms with Crippen molar-refractivity contribution in [3.05, 3.63) is 47.5 Å². The van der Waals surface area contributed by atoms with Gasteiger partial charge < -0.3 is 5.32 Å². The van der Waals surface area contributed by atoms with Crippen LogP contribution in [-0.4, -0.2) is 32.0 Å².